The minimum absolute atomic E-state index is 0.0113. The van der Waals surface area contributed by atoms with E-state index in [-0.39, 0.29) is 15.9 Å². The van der Waals surface area contributed by atoms with Crippen LogP contribution in [0.1, 0.15) is 38.3 Å². The van der Waals surface area contributed by atoms with Crippen LogP contribution < -0.4 is 10.5 Å². The van der Waals surface area contributed by atoms with Crippen molar-refractivity contribution in [3.63, 3.8) is 0 Å². The molecule has 0 saturated heterocycles. The van der Waals surface area contributed by atoms with Gasteiger partial charge < -0.3 is 5.73 Å². The molecule has 0 spiro atoms. The molecule has 1 saturated carbocycles. The number of pyridine rings is 1. The fourth-order valence-corrected chi connectivity index (χ4v) is 3.42. The second-order valence-electron chi connectivity index (χ2n) is 5.15. The van der Waals surface area contributed by atoms with Crippen molar-refractivity contribution in [3.05, 3.63) is 24.0 Å². The molecule has 1 aliphatic carbocycles. The summed E-state index contributed by atoms with van der Waals surface area (Å²) in [5, 5.41) is 0. The lowest BCUT2D eigenvalue weighted by Gasteiger charge is -2.16. The van der Waals surface area contributed by atoms with Crippen molar-refractivity contribution in [1.29, 1.82) is 0 Å². The SMILES string of the molecule is CCC(CC1CC1)NS(=O)(=O)c1ccc(C(N)=S)nc1. The van der Waals surface area contributed by atoms with E-state index in [0.29, 0.717) is 11.6 Å². The summed E-state index contributed by atoms with van der Waals surface area (Å²) in [6.45, 7) is 1.99. The highest BCUT2D eigenvalue weighted by molar-refractivity contribution is 7.89. The van der Waals surface area contributed by atoms with Gasteiger partial charge in [0.05, 0.1) is 5.69 Å². The Labute approximate surface area is 125 Å². The smallest absolute Gasteiger partial charge is 0.242 e. The van der Waals surface area contributed by atoms with Crippen LogP contribution in [0.3, 0.4) is 0 Å². The highest BCUT2D eigenvalue weighted by Gasteiger charge is 2.27. The van der Waals surface area contributed by atoms with Crippen molar-refractivity contribution in [1.82, 2.24) is 9.71 Å². The van der Waals surface area contributed by atoms with Gasteiger partial charge in [0.2, 0.25) is 10.0 Å². The predicted molar refractivity (Wildman–Crippen MR) is 81.9 cm³/mol. The van der Waals surface area contributed by atoms with Gasteiger partial charge in [0.15, 0.2) is 0 Å². The van der Waals surface area contributed by atoms with Gasteiger partial charge in [0.1, 0.15) is 9.88 Å². The van der Waals surface area contributed by atoms with Crippen molar-refractivity contribution in [3.8, 4) is 0 Å². The lowest BCUT2D eigenvalue weighted by atomic mass is 10.1. The molecule has 2 rings (SSSR count). The van der Waals surface area contributed by atoms with E-state index in [1.54, 1.807) is 0 Å². The number of hydrogen-bond donors (Lipinski definition) is 2. The van der Waals surface area contributed by atoms with Gasteiger partial charge in [-0.2, -0.15) is 0 Å². The largest absolute Gasteiger partial charge is 0.388 e. The fourth-order valence-electron chi connectivity index (χ4n) is 2.03. The zero-order valence-corrected chi connectivity index (χ0v) is 13.0. The zero-order valence-electron chi connectivity index (χ0n) is 11.4. The fraction of sp³-hybridized carbons (Fsp3) is 0.538. The molecule has 5 nitrogen and oxygen atoms in total. The second-order valence-corrected chi connectivity index (χ2v) is 7.30. The number of hydrogen-bond acceptors (Lipinski definition) is 4. The quantitative estimate of drug-likeness (QED) is 0.746. The maximum Gasteiger partial charge on any atom is 0.242 e. The molecule has 1 aromatic rings. The summed E-state index contributed by atoms with van der Waals surface area (Å²) in [5.41, 5.74) is 5.86. The van der Waals surface area contributed by atoms with Crippen LogP contribution in [0.2, 0.25) is 0 Å². The minimum Gasteiger partial charge on any atom is -0.388 e. The number of nitrogens with one attached hydrogen (secondary N) is 1. The van der Waals surface area contributed by atoms with Gasteiger partial charge in [-0.05, 0) is 30.9 Å². The van der Waals surface area contributed by atoms with Gasteiger partial charge in [-0.25, -0.2) is 13.1 Å². The second kappa shape index (κ2) is 6.15. The van der Waals surface area contributed by atoms with E-state index in [9.17, 15) is 8.42 Å². The summed E-state index contributed by atoms with van der Waals surface area (Å²) in [4.78, 5) is 4.27. The molecular weight excluding hydrogens is 294 g/mol. The number of rotatable bonds is 7. The molecule has 0 amide bonds. The maximum atomic E-state index is 12.3. The van der Waals surface area contributed by atoms with Crippen molar-refractivity contribution < 1.29 is 8.42 Å². The molecule has 7 heteroatoms. The Morgan fingerprint density at radius 1 is 1.55 bits per heavy atom. The highest BCUT2D eigenvalue weighted by Crippen LogP contribution is 2.34. The van der Waals surface area contributed by atoms with Gasteiger partial charge in [-0.15, -0.1) is 0 Å². The molecular formula is C13H19N3O2S2. The third-order valence-corrected chi connectivity index (χ3v) is 5.14. The molecule has 1 fully saturated rings. The number of aromatic nitrogens is 1. The first-order valence-corrected chi connectivity index (χ1v) is 8.59. The molecule has 20 heavy (non-hydrogen) atoms. The molecule has 3 N–H and O–H groups in total. The molecule has 1 aromatic heterocycles. The Kier molecular flexibility index (Phi) is 4.72. The minimum atomic E-state index is -3.53. The van der Waals surface area contributed by atoms with E-state index in [4.69, 9.17) is 18.0 Å². The third-order valence-electron chi connectivity index (χ3n) is 3.43. The molecule has 0 aromatic carbocycles. The van der Waals surface area contributed by atoms with Gasteiger partial charge in [-0.3, -0.25) is 4.98 Å². The van der Waals surface area contributed by atoms with Crippen LogP contribution in [0.5, 0.6) is 0 Å². The number of thiocarbonyl (C=S) groups is 1. The standard InChI is InChI=1S/C13H19N3O2S2/c1-2-10(7-9-3-4-9)16-20(17,18)11-5-6-12(13(14)19)15-8-11/h5-6,8-10,16H,2-4,7H2,1H3,(H2,14,19). The summed E-state index contributed by atoms with van der Waals surface area (Å²) in [6, 6.07) is 3.00. The summed E-state index contributed by atoms with van der Waals surface area (Å²) < 4.78 is 27.3. The van der Waals surface area contributed by atoms with Crippen molar-refractivity contribution >= 4 is 27.2 Å². The van der Waals surface area contributed by atoms with E-state index in [0.717, 1.165) is 12.8 Å². The molecule has 0 bridgehead atoms. The van der Waals surface area contributed by atoms with Crippen molar-refractivity contribution in [2.45, 2.75) is 43.5 Å². The molecule has 1 heterocycles. The Hall–Kier alpha value is -1.05. The summed E-state index contributed by atoms with van der Waals surface area (Å²) in [5.74, 6) is 0.678. The Morgan fingerprint density at radius 2 is 2.25 bits per heavy atom. The Balaban J connectivity index is 2.09. The van der Waals surface area contributed by atoms with Crippen LogP contribution in [0.15, 0.2) is 23.2 Å². The normalized spacial score (nSPS) is 16.9. The van der Waals surface area contributed by atoms with Gasteiger partial charge in [0.25, 0.3) is 0 Å². The lowest BCUT2D eigenvalue weighted by Crippen LogP contribution is -2.34. The summed E-state index contributed by atoms with van der Waals surface area (Å²) in [7, 11) is -3.53. The number of nitrogens with two attached hydrogens (primary N) is 1. The Bertz CT molecular complexity index is 580. The molecule has 1 atom stereocenters. The first kappa shape index (κ1) is 15.3. The monoisotopic (exact) mass is 313 g/mol. The van der Waals surface area contributed by atoms with E-state index in [2.05, 4.69) is 9.71 Å². The number of sulfonamides is 1. The van der Waals surface area contributed by atoms with Crippen LogP contribution in [0.25, 0.3) is 0 Å². The van der Waals surface area contributed by atoms with Crippen LogP contribution >= 0.6 is 12.2 Å². The van der Waals surface area contributed by atoms with Crippen molar-refractivity contribution in [2.75, 3.05) is 0 Å². The van der Waals surface area contributed by atoms with Gasteiger partial charge in [0, 0.05) is 12.2 Å². The highest BCUT2D eigenvalue weighted by atomic mass is 32.2. The van der Waals surface area contributed by atoms with Crippen LogP contribution in [0.4, 0.5) is 0 Å². The molecule has 110 valence electrons. The predicted octanol–water partition coefficient (Wildman–Crippen LogP) is 1.57. The average Bonchev–Trinajstić information content (AvgIpc) is 3.21. The number of nitrogens with zero attached hydrogens (tertiary/aromatic N) is 1. The first-order valence-electron chi connectivity index (χ1n) is 6.70. The topological polar surface area (TPSA) is 85.1 Å². The zero-order chi connectivity index (χ0) is 14.8. The Morgan fingerprint density at radius 3 is 2.70 bits per heavy atom. The van der Waals surface area contributed by atoms with E-state index in [1.807, 2.05) is 6.92 Å². The van der Waals surface area contributed by atoms with E-state index in [1.165, 1.54) is 31.2 Å². The lowest BCUT2D eigenvalue weighted by molar-refractivity contribution is 0.495. The third kappa shape index (κ3) is 3.97. The maximum absolute atomic E-state index is 12.3. The average molecular weight is 313 g/mol. The van der Waals surface area contributed by atoms with Crippen LogP contribution in [-0.2, 0) is 10.0 Å². The van der Waals surface area contributed by atoms with Gasteiger partial charge >= 0.3 is 0 Å². The van der Waals surface area contributed by atoms with E-state index >= 15 is 0 Å². The summed E-state index contributed by atoms with van der Waals surface area (Å²) in [6.07, 6.45) is 5.41. The van der Waals surface area contributed by atoms with Gasteiger partial charge in [-0.1, -0.05) is 32.0 Å². The van der Waals surface area contributed by atoms with Crippen LogP contribution in [-0.4, -0.2) is 24.4 Å². The first-order chi connectivity index (χ1) is 9.42. The molecule has 0 aliphatic heterocycles. The van der Waals surface area contributed by atoms with E-state index < -0.39 is 10.0 Å². The van der Waals surface area contributed by atoms with Crippen LogP contribution in [0, 0.1) is 5.92 Å². The molecule has 1 unspecified atom stereocenters. The summed E-state index contributed by atoms with van der Waals surface area (Å²) >= 11 is 4.79. The van der Waals surface area contributed by atoms with Crippen molar-refractivity contribution in [2.24, 2.45) is 11.7 Å². The molecule has 0 radical (unpaired) electrons. The molecule has 1 aliphatic rings.